The molecule has 120 valence electrons. The van der Waals surface area contributed by atoms with E-state index in [9.17, 15) is 4.79 Å². The van der Waals surface area contributed by atoms with Gasteiger partial charge in [0, 0.05) is 26.9 Å². The fourth-order valence-corrected chi connectivity index (χ4v) is 3.46. The van der Waals surface area contributed by atoms with Gasteiger partial charge >= 0.3 is 6.03 Å². The second-order valence-electron chi connectivity index (χ2n) is 4.51. The van der Waals surface area contributed by atoms with Crippen molar-refractivity contribution >= 4 is 15.8 Å². The van der Waals surface area contributed by atoms with Crippen LogP contribution in [-0.4, -0.2) is 60.3 Å². The molecule has 1 atom stereocenters. The number of amides is 2. The van der Waals surface area contributed by atoms with Crippen molar-refractivity contribution in [2.45, 2.75) is 38.6 Å². The van der Waals surface area contributed by atoms with Crippen molar-refractivity contribution in [1.29, 1.82) is 0 Å². The van der Waals surface area contributed by atoms with E-state index >= 15 is 0 Å². The summed E-state index contributed by atoms with van der Waals surface area (Å²) < 4.78 is 22.5. The second kappa shape index (κ2) is 9.30. The number of hydrogen-bond donors (Lipinski definition) is 2. The minimum atomic E-state index is -1.22. The molecule has 0 saturated heterocycles. The Morgan fingerprint density at radius 3 is 2.10 bits per heavy atom. The predicted octanol–water partition coefficient (Wildman–Crippen LogP) is -0.0931. The largest absolute Gasteiger partial charge is 0.422 e. The maximum Gasteiger partial charge on any atom is 0.312 e. The van der Waals surface area contributed by atoms with Crippen molar-refractivity contribution < 1.29 is 23.4 Å². The lowest BCUT2D eigenvalue weighted by atomic mass is 10.1. The van der Waals surface area contributed by atoms with Gasteiger partial charge in [0.25, 0.3) is 0 Å². The highest BCUT2D eigenvalue weighted by molar-refractivity contribution is 6.33. The van der Waals surface area contributed by atoms with Gasteiger partial charge < -0.3 is 29.7 Å². The smallest absolute Gasteiger partial charge is 0.312 e. The van der Waals surface area contributed by atoms with Crippen LogP contribution in [0.2, 0.25) is 0 Å². The number of carbonyl (C=O) groups excluding carboxylic acids is 1. The first-order valence-electron chi connectivity index (χ1n) is 6.83. The highest BCUT2D eigenvalue weighted by atomic mass is 28.2. The quantitative estimate of drug-likeness (QED) is 0.411. The van der Waals surface area contributed by atoms with Gasteiger partial charge in [0.05, 0.1) is 0 Å². The van der Waals surface area contributed by atoms with Crippen molar-refractivity contribution in [3.05, 3.63) is 0 Å². The minimum absolute atomic E-state index is 0.172. The van der Waals surface area contributed by atoms with Gasteiger partial charge in [-0.2, -0.15) is 0 Å². The van der Waals surface area contributed by atoms with E-state index in [4.69, 9.17) is 24.4 Å². The van der Waals surface area contributed by atoms with Crippen molar-refractivity contribution in [2.75, 3.05) is 33.5 Å². The fraction of sp³-hybridized carbons (Fsp3) is 0.917. The van der Waals surface area contributed by atoms with E-state index in [1.165, 1.54) is 0 Å². The molecule has 0 rings (SSSR count). The monoisotopic (exact) mass is 308 g/mol. The number of primary amides is 1. The van der Waals surface area contributed by atoms with Crippen LogP contribution in [0, 0.1) is 0 Å². The van der Waals surface area contributed by atoms with E-state index in [2.05, 4.69) is 5.32 Å². The standard InChI is InChI=1S/C12H28N2O5Si/c1-6-17-12(9-16-5,18-7-2)11(4,14-10(13)15)20-19-8-3/h6-9,20H2,1-5H3,(H3,13,14,15). The Labute approximate surface area is 123 Å². The normalized spacial score (nSPS) is 15.4. The van der Waals surface area contributed by atoms with Crippen LogP contribution in [0.4, 0.5) is 4.79 Å². The molecule has 0 aliphatic heterocycles. The molecule has 2 amide bonds. The molecule has 7 nitrogen and oxygen atoms in total. The van der Waals surface area contributed by atoms with Gasteiger partial charge in [-0.25, -0.2) is 4.79 Å². The first-order valence-corrected chi connectivity index (χ1v) is 8.12. The van der Waals surface area contributed by atoms with Crippen molar-refractivity contribution in [1.82, 2.24) is 5.32 Å². The zero-order valence-electron chi connectivity index (χ0n) is 13.2. The average Bonchev–Trinajstić information content (AvgIpc) is 2.36. The summed E-state index contributed by atoms with van der Waals surface area (Å²) in [6.45, 7) is 9.00. The lowest BCUT2D eigenvalue weighted by Gasteiger charge is -2.46. The van der Waals surface area contributed by atoms with Crippen LogP contribution in [-0.2, 0) is 18.6 Å². The van der Waals surface area contributed by atoms with Gasteiger partial charge in [0.15, 0.2) is 9.76 Å². The third kappa shape index (κ3) is 5.02. The van der Waals surface area contributed by atoms with E-state index in [-0.39, 0.29) is 6.61 Å². The molecule has 0 saturated carbocycles. The van der Waals surface area contributed by atoms with Gasteiger partial charge in [-0.15, -0.1) is 0 Å². The molecule has 3 N–H and O–H groups in total. The Balaban J connectivity index is 5.48. The van der Waals surface area contributed by atoms with Crippen LogP contribution in [0.3, 0.4) is 0 Å². The van der Waals surface area contributed by atoms with Crippen LogP contribution in [0.15, 0.2) is 0 Å². The zero-order chi connectivity index (χ0) is 15.6. The third-order valence-corrected chi connectivity index (χ3v) is 4.83. The molecule has 0 radical (unpaired) electrons. The number of nitrogens with two attached hydrogens (primary N) is 1. The van der Waals surface area contributed by atoms with E-state index in [1.54, 1.807) is 7.11 Å². The molecule has 1 unspecified atom stereocenters. The van der Waals surface area contributed by atoms with Gasteiger partial charge in [-0.3, -0.25) is 0 Å². The summed E-state index contributed by atoms with van der Waals surface area (Å²) in [4.78, 5) is 11.4. The summed E-state index contributed by atoms with van der Waals surface area (Å²) in [5.74, 6) is -1.11. The molecule has 0 spiro atoms. The molecule has 0 aromatic rings. The third-order valence-electron chi connectivity index (χ3n) is 2.92. The first-order chi connectivity index (χ1) is 9.41. The lowest BCUT2D eigenvalue weighted by Crippen LogP contribution is -2.71. The number of urea groups is 1. The van der Waals surface area contributed by atoms with Gasteiger partial charge in [0.2, 0.25) is 5.79 Å². The molecule has 0 aromatic heterocycles. The Morgan fingerprint density at radius 1 is 1.20 bits per heavy atom. The number of rotatable bonds is 11. The molecule has 0 fully saturated rings. The van der Waals surface area contributed by atoms with Crippen LogP contribution >= 0.6 is 0 Å². The fourth-order valence-electron chi connectivity index (χ4n) is 2.08. The highest BCUT2D eigenvalue weighted by Crippen LogP contribution is 2.28. The van der Waals surface area contributed by atoms with Crippen LogP contribution < -0.4 is 11.1 Å². The molecular formula is C12H28N2O5Si. The van der Waals surface area contributed by atoms with Crippen LogP contribution in [0.25, 0.3) is 0 Å². The lowest BCUT2D eigenvalue weighted by molar-refractivity contribution is -0.277. The molecule has 8 heteroatoms. The summed E-state index contributed by atoms with van der Waals surface area (Å²) in [5, 5.41) is 1.90. The second-order valence-corrected chi connectivity index (χ2v) is 6.62. The molecule has 20 heavy (non-hydrogen) atoms. The Kier molecular flexibility index (Phi) is 8.98. The molecule has 0 aromatic carbocycles. The predicted molar refractivity (Wildman–Crippen MR) is 79.2 cm³/mol. The number of carbonyl (C=O) groups is 1. The Bertz CT molecular complexity index is 276. The first kappa shape index (κ1) is 19.3. The number of ether oxygens (including phenoxy) is 3. The average molecular weight is 308 g/mol. The summed E-state index contributed by atoms with van der Waals surface area (Å²) in [6, 6.07) is -0.639. The number of hydrogen-bond acceptors (Lipinski definition) is 5. The van der Waals surface area contributed by atoms with E-state index in [0.29, 0.717) is 19.8 Å². The van der Waals surface area contributed by atoms with E-state index in [1.807, 2.05) is 27.7 Å². The minimum Gasteiger partial charge on any atom is -0.422 e. The van der Waals surface area contributed by atoms with Crippen molar-refractivity contribution in [3.63, 3.8) is 0 Å². The van der Waals surface area contributed by atoms with Crippen molar-refractivity contribution in [2.24, 2.45) is 5.73 Å². The summed E-state index contributed by atoms with van der Waals surface area (Å²) in [7, 11) is 0.334. The number of nitrogens with one attached hydrogen (secondary N) is 1. The summed E-state index contributed by atoms with van der Waals surface area (Å²) >= 11 is 0. The maximum absolute atomic E-state index is 11.4. The molecule has 0 bridgehead atoms. The molecular weight excluding hydrogens is 280 g/mol. The summed E-state index contributed by atoms with van der Waals surface area (Å²) in [6.07, 6.45) is 0. The number of methoxy groups -OCH3 is 1. The van der Waals surface area contributed by atoms with Gasteiger partial charge in [-0.1, -0.05) is 0 Å². The molecule has 0 heterocycles. The molecule has 0 aliphatic rings. The van der Waals surface area contributed by atoms with Gasteiger partial charge in [0.1, 0.15) is 11.8 Å². The zero-order valence-corrected chi connectivity index (χ0v) is 14.6. The van der Waals surface area contributed by atoms with Crippen LogP contribution in [0.1, 0.15) is 27.7 Å². The molecule has 0 aliphatic carbocycles. The van der Waals surface area contributed by atoms with Gasteiger partial charge in [-0.05, 0) is 27.7 Å². The Morgan fingerprint density at radius 2 is 1.75 bits per heavy atom. The highest BCUT2D eigenvalue weighted by Gasteiger charge is 2.52. The van der Waals surface area contributed by atoms with Crippen LogP contribution in [0.5, 0.6) is 0 Å². The topological polar surface area (TPSA) is 92.0 Å². The SMILES string of the molecule is CCO[SiH2]C(C)(NC(N)=O)C(COC)(OCC)OCC. The van der Waals surface area contributed by atoms with E-state index in [0.717, 1.165) is 0 Å². The summed E-state index contributed by atoms with van der Waals surface area (Å²) in [5.41, 5.74) is 5.30. The Hall–Kier alpha value is -0.673. The maximum atomic E-state index is 11.4. The van der Waals surface area contributed by atoms with Crippen molar-refractivity contribution in [3.8, 4) is 0 Å². The van der Waals surface area contributed by atoms with E-state index < -0.39 is 26.7 Å².